The van der Waals surface area contributed by atoms with Crippen molar-refractivity contribution in [2.75, 3.05) is 6.54 Å². The summed E-state index contributed by atoms with van der Waals surface area (Å²) in [6, 6.07) is 5.47. The van der Waals surface area contributed by atoms with Gasteiger partial charge < -0.3 is 5.32 Å². The van der Waals surface area contributed by atoms with Crippen molar-refractivity contribution in [2.24, 2.45) is 0 Å². The highest BCUT2D eigenvalue weighted by molar-refractivity contribution is 5.92. The molecule has 0 saturated carbocycles. The number of nitrogens with one attached hydrogen (secondary N) is 1. The van der Waals surface area contributed by atoms with Crippen LogP contribution >= 0.6 is 0 Å². The Hall–Kier alpha value is -1.38. The van der Waals surface area contributed by atoms with Gasteiger partial charge in [-0.2, -0.15) is 0 Å². The zero-order valence-electron chi connectivity index (χ0n) is 9.42. The molecular weight excluding hydrogens is 188 g/mol. The van der Waals surface area contributed by atoms with E-state index < -0.39 is 0 Å². The minimum Gasteiger partial charge on any atom is -0.351 e. The molecule has 1 aromatic rings. The van der Waals surface area contributed by atoms with Gasteiger partial charge in [-0.1, -0.05) is 25.8 Å². The van der Waals surface area contributed by atoms with Crippen molar-refractivity contribution in [1.82, 2.24) is 10.3 Å². The molecule has 0 aromatic carbocycles. The number of hydrogen-bond acceptors (Lipinski definition) is 2. The molecule has 1 aromatic heterocycles. The smallest absolute Gasteiger partial charge is 0.269 e. The molecule has 1 rings (SSSR count). The second kappa shape index (κ2) is 6.17. The fraction of sp³-hybridized carbons (Fsp3) is 0.500. The maximum atomic E-state index is 11.6. The minimum absolute atomic E-state index is 0.0743. The van der Waals surface area contributed by atoms with Gasteiger partial charge in [-0.3, -0.25) is 4.79 Å². The molecule has 3 nitrogen and oxygen atoms in total. The van der Waals surface area contributed by atoms with Crippen molar-refractivity contribution in [1.29, 1.82) is 0 Å². The van der Waals surface area contributed by atoms with Gasteiger partial charge >= 0.3 is 0 Å². The van der Waals surface area contributed by atoms with Crippen molar-refractivity contribution < 1.29 is 4.79 Å². The summed E-state index contributed by atoms with van der Waals surface area (Å²) in [5.41, 5.74) is 1.38. The Balaban J connectivity index is 2.40. The van der Waals surface area contributed by atoms with Gasteiger partial charge in [0.05, 0.1) is 0 Å². The lowest BCUT2D eigenvalue weighted by atomic mass is 10.2. The molecule has 3 heteroatoms. The lowest BCUT2D eigenvalue weighted by Gasteiger charge is -2.04. The van der Waals surface area contributed by atoms with E-state index >= 15 is 0 Å². The largest absolute Gasteiger partial charge is 0.351 e. The molecule has 0 aliphatic carbocycles. The second-order valence-corrected chi connectivity index (χ2v) is 3.63. The van der Waals surface area contributed by atoms with E-state index in [1.165, 1.54) is 6.42 Å². The van der Waals surface area contributed by atoms with Crippen LogP contribution in [-0.4, -0.2) is 17.4 Å². The lowest BCUT2D eigenvalue weighted by Crippen LogP contribution is -2.25. The maximum Gasteiger partial charge on any atom is 0.269 e. The molecule has 0 unspecified atom stereocenters. The zero-order valence-corrected chi connectivity index (χ0v) is 9.42. The molecule has 0 atom stereocenters. The number of carbonyl (C=O) groups excluding carboxylic acids is 1. The number of amides is 1. The Morgan fingerprint density at radius 1 is 1.40 bits per heavy atom. The number of nitrogens with zero attached hydrogens (tertiary/aromatic N) is 1. The monoisotopic (exact) mass is 206 g/mol. The molecule has 0 aliphatic rings. The number of carbonyl (C=O) groups is 1. The van der Waals surface area contributed by atoms with E-state index in [0.29, 0.717) is 5.69 Å². The number of pyridine rings is 1. The first-order chi connectivity index (χ1) is 7.24. The molecule has 0 aliphatic heterocycles. The topological polar surface area (TPSA) is 42.0 Å². The summed E-state index contributed by atoms with van der Waals surface area (Å²) >= 11 is 0. The molecule has 82 valence electrons. The van der Waals surface area contributed by atoms with Crippen molar-refractivity contribution in [3.63, 3.8) is 0 Å². The molecule has 0 fully saturated rings. The molecular formula is C12H18N2O. The maximum absolute atomic E-state index is 11.6. The summed E-state index contributed by atoms with van der Waals surface area (Å²) in [5.74, 6) is -0.0743. The third-order valence-corrected chi connectivity index (χ3v) is 2.19. The van der Waals surface area contributed by atoms with Gasteiger partial charge in [-0.05, 0) is 25.5 Å². The van der Waals surface area contributed by atoms with Crippen LogP contribution in [0.15, 0.2) is 18.2 Å². The van der Waals surface area contributed by atoms with Crippen LogP contribution in [0.2, 0.25) is 0 Å². The van der Waals surface area contributed by atoms with E-state index in [0.717, 1.165) is 25.1 Å². The van der Waals surface area contributed by atoms with Crippen LogP contribution in [-0.2, 0) is 0 Å². The average molecular weight is 206 g/mol. The first-order valence-corrected chi connectivity index (χ1v) is 5.46. The standard InChI is InChI=1S/C12H18N2O/c1-3-4-5-9-13-12(15)11-8-6-7-10(2)14-11/h6-8H,3-5,9H2,1-2H3,(H,13,15). The number of rotatable bonds is 5. The highest BCUT2D eigenvalue weighted by atomic mass is 16.1. The Labute approximate surface area is 90.9 Å². The van der Waals surface area contributed by atoms with E-state index in [4.69, 9.17) is 0 Å². The molecule has 1 N–H and O–H groups in total. The predicted molar refractivity (Wildman–Crippen MR) is 60.8 cm³/mol. The lowest BCUT2D eigenvalue weighted by molar-refractivity contribution is 0.0948. The summed E-state index contributed by atoms with van der Waals surface area (Å²) in [5, 5.41) is 2.86. The molecule has 1 heterocycles. The van der Waals surface area contributed by atoms with E-state index in [1.807, 2.05) is 19.1 Å². The van der Waals surface area contributed by atoms with Gasteiger partial charge in [-0.15, -0.1) is 0 Å². The fourth-order valence-corrected chi connectivity index (χ4v) is 1.34. The van der Waals surface area contributed by atoms with Crippen LogP contribution in [0, 0.1) is 6.92 Å². The van der Waals surface area contributed by atoms with Crippen molar-refractivity contribution in [2.45, 2.75) is 33.1 Å². The molecule has 0 saturated heterocycles. The predicted octanol–water partition coefficient (Wildman–Crippen LogP) is 2.31. The summed E-state index contributed by atoms with van der Waals surface area (Å²) in [4.78, 5) is 15.7. The molecule has 0 spiro atoms. The number of unbranched alkanes of at least 4 members (excludes halogenated alkanes) is 2. The molecule has 0 bridgehead atoms. The minimum atomic E-state index is -0.0743. The van der Waals surface area contributed by atoms with Crippen molar-refractivity contribution in [3.8, 4) is 0 Å². The first-order valence-electron chi connectivity index (χ1n) is 5.46. The van der Waals surface area contributed by atoms with E-state index in [2.05, 4.69) is 17.2 Å². The van der Waals surface area contributed by atoms with Gasteiger partial charge in [0, 0.05) is 12.2 Å². The molecule has 1 amide bonds. The zero-order chi connectivity index (χ0) is 11.1. The van der Waals surface area contributed by atoms with Gasteiger partial charge in [0.2, 0.25) is 0 Å². The van der Waals surface area contributed by atoms with Gasteiger partial charge in [-0.25, -0.2) is 4.98 Å². The van der Waals surface area contributed by atoms with Gasteiger partial charge in [0.1, 0.15) is 5.69 Å². The second-order valence-electron chi connectivity index (χ2n) is 3.63. The number of hydrogen-bond donors (Lipinski definition) is 1. The van der Waals surface area contributed by atoms with Crippen LogP contribution < -0.4 is 5.32 Å². The van der Waals surface area contributed by atoms with E-state index in [-0.39, 0.29) is 5.91 Å². The Kier molecular flexibility index (Phi) is 4.81. The van der Waals surface area contributed by atoms with E-state index in [9.17, 15) is 4.79 Å². The summed E-state index contributed by atoms with van der Waals surface area (Å²) in [6.07, 6.45) is 3.36. The molecule has 0 radical (unpaired) electrons. The van der Waals surface area contributed by atoms with Crippen molar-refractivity contribution >= 4 is 5.91 Å². The van der Waals surface area contributed by atoms with Crippen LogP contribution in [0.4, 0.5) is 0 Å². The SMILES string of the molecule is CCCCCNC(=O)c1cccc(C)n1. The van der Waals surface area contributed by atoms with Crippen LogP contribution in [0.5, 0.6) is 0 Å². The van der Waals surface area contributed by atoms with Gasteiger partial charge in [0.15, 0.2) is 0 Å². The summed E-state index contributed by atoms with van der Waals surface area (Å²) < 4.78 is 0. The fourth-order valence-electron chi connectivity index (χ4n) is 1.34. The Bertz CT molecular complexity index is 323. The highest BCUT2D eigenvalue weighted by Crippen LogP contribution is 1.98. The normalized spacial score (nSPS) is 10.0. The summed E-state index contributed by atoms with van der Waals surface area (Å²) in [7, 11) is 0. The third-order valence-electron chi connectivity index (χ3n) is 2.19. The van der Waals surface area contributed by atoms with Crippen LogP contribution in [0.3, 0.4) is 0 Å². The Morgan fingerprint density at radius 3 is 2.87 bits per heavy atom. The Morgan fingerprint density at radius 2 is 2.20 bits per heavy atom. The van der Waals surface area contributed by atoms with Gasteiger partial charge in [0.25, 0.3) is 5.91 Å². The number of aryl methyl sites for hydroxylation is 1. The molecule has 15 heavy (non-hydrogen) atoms. The average Bonchev–Trinajstić information content (AvgIpc) is 2.24. The quantitative estimate of drug-likeness (QED) is 0.751. The summed E-state index contributed by atoms with van der Waals surface area (Å²) in [6.45, 7) is 4.76. The first kappa shape index (κ1) is 11.7. The number of aromatic nitrogens is 1. The van der Waals surface area contributed by atoms with Crippen LogP contribution in [0.1, 0.15) is 42.4 Å². The third kappa shape index (κ3) is 4.11. The van der Waals surface area contributed by atoms with Crippen LogP contribution in [0.25, 0.3) is 0 Å². The highest BCUT2D eigenvalue weighted by Gasteiger charge is 2.05. The van der Waals surface area contributed by atoms with Crippen molar-refractivity contribution in [3.05, 3.63) is 29.6 Å². The van der Waals surface area contributed by atoms with E-state index in [1.54, 1.807) is 6.07 Å².